The highest BCUT2D eigenvalue weighted by molar-refractivity contribution is 7.90. The van der Waals surface area contributed by atoms with E-state index in [-0.39, 0.29) is 17.2 Å². The smallest absolute Gasteiger partial charge is 0.264 e. The van der Waals surface area contributed by atoms with E-state index in [2.05, 4.69) is 9.71 Å². The number of benzene rings is 1. The summed E-state index contributed by atoms with van der Waals surface area (Å²) in [7, 11) is -3.83. The molecular formula is C18H22N2O3S. The highest BCUT2D eigenvalue weighted by Gasteiger charge is 2.18. The minimum atomic E-state index is -3.83. The summed E-state index contributed by atoms with van der Waals surface area (Å²) in [5.74, 6) is -0.282. The molecule has 0 radical (unpaired) electrons. The second-order valence-electron chi connectivity index (χ2n) is 5.93. The average Bonchev–Trinajstić information content (AvgIpc) is 2.55. The fourth-order valence-corrected chi connectivity index (χ4v) is 3.35. The molecule has 2 rings (SSSR count). The van der Waals surface area contributed by atoms with Crippen molar-refractivity contribution in [3.63, 3.8) is 0 Å². The summed E-state index contributed by atoms with van der Waals surface area (Å²) in [6.07, 6.45) is 3.02. The minimum Gasteiger partial charge on any atom is -0.274 e. The summed E-state index contributed by atoms with van der Waals surface area (Å²) < 4.78 is 26.8. The van der Waals surface area contributed by atoms with Crippen molar-refractivity contribution in [1.29, 1.82) is 0 Å². The number of nitrogens with zero attached hydrogens (tertiary/aromatic N) is 1. The summed E-state index contributed by atoms with van der Waals surface area (Å²) in [6.45, 7) is 3.98. The van der Waals surface area contributed by atoms with Crippen LogP contribution in [0.3, 0.4) is 0 Å². The van der Waals surface area contributed by atoms with Crippen molar-refractivity contribution in [3.05, 3.63) is 59.9 Å². The second-order valence-corrected chi connectivity index (χ2v) is 7.61. The molecule has 2 aromatic rings. The Bertz CT molecular complexity index is 787. The van der Waals surface area contributed by atoms with E-state index in [0.717, 1.165) is 11.3 Å². The summed E-state index contributed by atoms with van der Waals surface area (Å²) >= 11 is 0. The van der Waals surface area contributed by atoms with Crippen molar-refractivity contribution >= 4 is 15.9 Å². The van der Waals surface area contributed by atoms with Gasteiger partial charge in [0.2, 0.25) is 5.91 Å². The predicted octanol–water partition coefficient (Wildman–Crippen LogP) is 3.03. The maximum atomic E-state index is 12.3. The van der Waals surface area contributed by atoms with Crippen LogP contribution in [0, 0.1) is 0 Å². The standard InChI is InChI=1S/C18H22N2O3S/c1-14(2)15-7-5-10-17(13-15)24(22,23)20-18(21)11-6-9-16-8-3-4-12-19-16/h3-5,7-8,10,12-14H,6,9,11H2,1-2H3,(H,20,21). The Morgan fingerprint density at radius 1 is 1.17 bits per heavy atom. The summed E-state index contributed by atoms with van der Waals surface area (Å²) in [6, 6.07) is 12.3. The molecule has 1 aromatic heterocycles. The quantitative estimate of drug-likeness (QED) is 0.836. The van der Waals surface area contributed by atoms with E-state index < -0.39 is 15.9 Å². The van der Waals surface area contributed by atoms with E-state index in [9.17, 15) is 13.2 Å². The molecule has 1 aromatic carbocycles. The number of sulfonamides is 1. The van der Waals surface area contributed by atoms with Crippen molar-refractivity contribution < 1.29 is 13.2 Å². The molecule has 0 aliphatic heterocycles. The van der Waals surface area contributed by atoms with E-state index in [1.165, 1.54) is 6.07 Å². The fraction of sp³-hybridized carbons (Fsp3) is 0.333. The Kier molecular flexibility index (Phi) is 6.09. The van der Waals surface area contributed by atoms with Gasteiger partial charge in [0.1, 0.15) is 0 Å². The summed E-state index contributed by atoms with van der Waals surface area (Å²) in [4.78, 5) is 16.2. The molecule has 0 atom stereocenters. The van der Waals surface area contributed by atoms with Crippen LogP contribution in [-0.4, -0.2) is 19.3 Å². The molecule has 24 heavy (non-hydrogen) atoms. The Balaban J connectivity index is 1.93. The van der Waals surface area contributed by atoms with Gasteiger partial charge in [0.25, 0.3) is 10.0 Å². The van der Waals surface area contributed by atoms with Gasteiger partial charge in [0.05, 0.1) is 4.90 Å². The maximum Gasteiger partial charge on any atom is 0.264 e. The zero-order valence-corrected chi connectivity index (χ0v) is 14.7. The number of aryl methyl sites for hydroxylation is 1. The van der Waals surface area contributed by atoms with E-state index in [1.54, 1.807) is 18.3 Å². The summed E-state index contributed by atoms with van der Waals surface area (Å²) in [5.41, 5.74) is 1.80. The van der Waals surface area contributed by atoms with Gasteiger partial charge in [-0.25, -0.2) is 13.1 Å². The molecule has 0 spiro atoms. The SMILES string of the molecule is CC(C)c1cccc(S(=O)(=O)NC(=O)CCCc2ccccn2)c1. The molecule has 1 N–H and O–H groups in total. The number of carbonyl (C=O) groups is 1. The third kappa shape index (κ3) is 5.16. The van der Waals surface area contributed by atoms with Crippen molar-refractivity contribution in [3.8, 4) is 0 Å². The lowest BCUT2D eigenvalue weighted by atomic mass is 10.0. The zero-order valence-electron chi connectivity index (χ0n) is 13.9. The van der Waals surface area contributed by atoms with E-state index >= 15 is 0 Å². The molecular weight excluding hydrogens is 324 g/mol. The predicted molar refractivity (Wildman–Crippen MR) is 93.0 cm³/mol. The van der Waals surface area contributed by atoms with Crippen LogP contribution in [0.25, 0.3) is 0 Å². The number of hydrogen-bond donors (Lipinski definition) is 1. The van der Waals surface area contributed by atoms with Crippen LogP contribution in [0.15, 0.2) is 53.6 Å². The molecule has 6 heteroatoms. The van der Waals surface area contributed by atoms with Crippen LogP contribution < -0.4 is 4.72 Å². The topological polar surface area (TPSA) is 76.1 Å². The fourth-order valence-electron chi connectivity index (χ4n) is 2.28. The Labute approximate surface area is 143 Å². The van der Waals surface area contributed by atoms with Crippen molar-refractivity contribution in [2.24, 2.45) is 0 Å². The van der Waals surface area contributed by atoms with Crippen LogP contribution in [0.2, 0.25) is 0 Å². The minimum absolute atomic E-state index is 0.117. The third-order valence-electron chi connectivity index (χ3n) is 3.65. The van der Waals surface area contributed by atoms with Crippen molar-refractivity contribution in [2.75, 3.05) is 0 Å². The molecule has 0 aliphatic carbocycles. The largest absolute Gasteiger partial charge is 0.274 e. The number of rotatable bonds is 7. The Morgan fingerprint density at radius 2 is 1.96 bits per heavy atom. The first-order valence-corrected chi connectivity index (χ1v) is 9.42. The molecule has 0 fully saturated rings. The van der Waals surface area contributed by atoms with Crippen LogP contribution in [0.1, 0.15) is 43.9 Å². The molecule has 128 valence electrons. The highest BCUT2D eigenvalue weighted by atomic mass is 32.2. The number of aromatic nitrogens is 1. The van der Waals surface area contributed by atoms with Gasteiger partial charge in [-0.05, 0) is 48.6 Å². The van der Waals surface area contributed by atoms with E-state index in [0.29, 0.717) is 12.8 Å². The van der Waals surface area contributed by atoms with Crippen molar-refractivity contribution in [2.45, 2.75) is 43.9 Å². The van der Waals surface area contributed by atoms with E-state index in [4.69, 9.17) is 0 Å². The lowest BCUT2D eigenvalue weighted by molar-refractivity contribution is -0.119. The Morgan fingerprint density at radius 3 is 2.62 bits per heavy atom. The third-order valence-corrected chi connectivity index (χ3v) is 5.02. The normalized spacial score (nSPS) is 11.5. The molecule has 1 amide bonds. The highest BCUT2D eigenvalue weighted by Crippen LogP contribution is 2.18. The van der Waals surface area contributed by atoms with Gasteiger partial charge in [-0.2, -0.15) is 0 Å². The zero-order chi connectivity index (χ0) is 17.6. The molecule has 0 aliphatic rings. The van der Waals surface area contributed by atoms with Crippen LogP contribution >= 0.6 is 0 Å². The number of hydrogen-bond acceptors (Lipinski definition) is 4. The van der Waals surface area contributed by atoms with Gasteiger partial charge in [-0.3, -0.25) is 9.78 Å². The van der Waals surface area contributed by atoms with Gasteiger partial charge in [-0.15, -0.1) is 0 Å². The number of carbonyl (C=O) groups excluding carboxylic acids is 1. The number of pyridine rings is 1. The lowest BCUT2D eigenvalue weighted by Crippen LogP contribution is -2.30. The van der Waals surface area contributed by atoms with Gasteiger partial charge in [0.15, 0.2) is 0 Å². The van der Waals surface area contributed by atoms with Crippen LogP contribution in [-0.2, 0) is 21.2 Å². The first kappa shape index (κ1) is 18.1. The van der Waals surface area contributed by atoms with Gasteiger partial charge < -0.3 is 0 Å². The van der Waals surface area contributed by atoms with E-state index in [1.807, 2.05) is 38.1 Å². The summed E-state index contributed by atoms with van der Waals surface area (Å²) in [5, 5.41) is 0. The molecule has 1 heterocycles. The molecule has 0 unspecified atom stereocenters. The number of nitrogens with one attached hydrogen (secondary N) is 1. The monoisotopic (exact) mass is 346 g/mol. The van der Waals surface area contributed by atoms with Gasteiger partial charge in [0, 0.05) is 18.3 Å². The van der Waals surface area contributed by atoms with Crippen LogP contribution in [0.4, 0.5) is 0 Å². The average molecular weight is 346 g/mol. The first-order chi connectivity index (χ1) is 11.4. The molecule has 0 saturated heterocycles. The van der Waals surface area contributed by atoms with Gasteiger partial charge in [-0.1, -0.05) is 32.0 Å². The molecule has 5 nitrogen and oxygen atoms in total. The molecule has 0 saturated carbocycles. The van der Waals surface area contributed by atoms with Gasteiger partial charge >= 0.3 is 0 Å². The maximum absolute atomic E-state index is 12.3. The Hall–Kier alpha value is -2.21. The molecule has 0 bridgehead atoms. The lowest BCUT2D eigenvalue weighted by Gasteiger charge is -2.10. The van der Waals surface area contributed by atoms with Crippen molar-refractivity contribution in [1.82, 2.24) is 9.71 Å². The first-order valence-electron chi connectivity index (χ1n) is 7.94. The number of amides is 1. The van der Waals surface area contributed by atoms with Crippen LogP contribution in [0.5, 0.6) is 0 Å². The second kappa shape index (κ2) is 8.06.